The van der Waals surface area contributed by atoms with Gasteiger partial charge in [0.25, 0.3) is 5.56 Å². The number of ether oxygens (including phenoxy) is 2. The van der Waals surface area contributed by atoms with Crippen molar-refractivity contribution in [2.24, 2.45) is 5.10 Å². The Morgan fingerprint density at radius 3 is 2.81 bits per heavy atom. The molecule has 0 fully saturated rings. The minimum Gasteiger partial charge on any atom is -0.493 e. The molecule has 0 radical (unpaired) electrons. The van der Waals surface area contributed by atoms with E-state index >= 15 is 0 Å². The summed E-state index contributed by atoms with van der Waals surface area (Å²) in [7, 11) is 1.56. The lowest BCUT2D eigenvalue weighted by molar-refractivity contribution is -0.120. The molecule has 3 N–H and O–H groups in total. The van der Waals surface area contributed by atoms with Crippen LogP contribution in [0, 0.1) is 4.77 Å². The molecule has 0 aliphatic carbocycles. The lowest BCUT2D eigenvalue weighted by Gasteiger charge is -2.10. The van der Waals surface area contributed by atoms with Crippen molar-refractivity contribution in [1.29, 1.82) is 0 Å². The van der Waals surface area contributed by atoms with Crippen LogP contribution in [0.1, 0.15) is 24.6 Å². The molecule has 0 aliphatic rings. The van der Waals surface area contributed by atoms with Gasteiger partial charge in [-0.3, -0.25) is 14.6 Å². The van der Waals surface area contributed by atoms with Crippen molar-refractivity contribution >= 4 is 24.3 Å². The Morgan fingerprint density at radius 1 is 1.31 bits per heavy atom. The SMILES string of the molecule is CCCOc1ccc(/C=N\NC(=O)Cc2cc(=O)[nH]c(=S)[nH]2)cc1OC. The van der Waals surface area contributed by atoms with E-state index in [1.165, 1.54) is 12.3 Å². The van der Waals surface area contributed by atoms with Crippen LogP contribution in [0.25, 0.3) is 0 Å². The highest BCUT2D eigenvalue weighted by Gasteiger charge is 2.06. The fourth-order valence-electron chi connectivity index (χ4n) is 2.10. The lowest BCUT2D eigenvalue weighted by atomic mass is 10.2. The quantitative estimate of drug-likeness (QED) is 0.371. The second-order valence-corrected chi connectivity index (χ2v) is 5.75. The number of rotatable bonds is 8. The van der Waals surface area contributed by atoms with Crippen LogP contribution in [-0.2, 0) is 11.2 Å². The maximum atomic E-state index is 11.9. The zero-order valence-corrected chi connectivity index (χ0v) is 15.3. The van der Waals surface area contributed by atoms with Crippen LogP contribution in [0.5, 0.6) is 11.5 Å². The normalized spacial score (nSPS) is 10.7. The molecule has 26 heavy (non-hydrogen) atoms. The summed E-state index contributed by atoms with van der Waals surface area (Å²) in [6, 6.07) is 6.62. The second kappa shape index (κ2) is 9.52. The van der Waals surface area contributed by atoms with Crippen molar-refractivity contribution in [1.82, 2.24) is 15.4 Å². The van der Waals surface area contributed by atoms with E-state index in [0.29, 0.717) is 23.8 Å². The van der Waals surface area contributed by atoms with E-state index in [2.05, 4.69) is 20.5 Å². The molecule has 0 spiro atoms. The van der Waals surface area contributed by atoms with Crippen LogP contribution in [0.15, 0.2) is 34.2 Å². The van der Waals surface area contributed by atoms with Crippen molar-refractivity contribution < 1.29 is 14.3 Å². The fraction of sp³-hybridized carbons (Fsp3) is 0.294. The van der Waals surface area contributed by atoms with E-state index in [1.807, 2.05) is 6.92 Å². The van der Waals surface area contributed by atoms with Crippen LogP contribution >= 0.6 is 12.2 Å². The molecule has 0 saturated heterocycles. The summed E-state index contributed by atoms with van der Waals surface area (Å²) < 4.78 is 11.0. The maximum absolute atomic E-state index is 11.9. The number of aromatic nitrogens is 2. The molecule has 0 unspecified atom stereocenters. The number of amides is 1. The number of H-pyrrole nitrogens is 2. The number of carbonyl (C=O) groups is 1. The van der Waals surface area contributed by atoms with Gasteiger partial charge in [0, 0.05) is 11.8 Å². The van der Waals surface area contributed by atoms with Crippen molar-refractivity contribution in [3.8, 4) is 11.5 Å². The Balaban J connectivity index is 1.97. The number of hydrogen-bond donors (Lipinski definition) is 3. The number of hydrazone groups is 1. The largest absolute Gasteiger partial charge is 0.493 e. The van der Waals surface area contributed by atoms with Gasteiger partial charge in [0.2, 0.25) is 5.91 Å². The van der Waals surface area contributed by atoms with Gasteiger partial charge in [-0.1, -0.05) is 6.92 Å². The van der Waals surface area contributed by atoms with Gasteiger partial charge in [0.15, 0.2) is 16.3 Å². The minimum absolute atomic E-state index is 0.0436. The Morgan fingerprint density at radius 2 is 2.12 bits per heavy atom. The zero-order chi connectivity index (χ0) is 18.9. The maximum Gasteiger partial charge on any atom is 0.251 e. The topological polar surface area (TPSA) is 109 Å². The molecule has 0 bridgehead atoms. The molecule has 9 heteroatoms. The monoisotopic (exact) mass is 376 g/mol. The summed E-state index contributed by atoms with van der Waals surface area (Å²) in [5, 5.41) is 3.90. The van der Waals surface area contributed by atoms with E-state index in [1.54, 1.807) is 25.3 Å². The summed E-state index contributed by atoms with van der Waals surface area (Å²) >= 11 is 4.86. The molecule has 0 saturated carbocycles. The first kappa shape index (κ1) is 19.4. The molecule has 8 nitrogen and oxygen atoms in total. The molecule has 2 rings (SSSR count). The number of hydrogen-bond acceptors (Lipinski definition) is 6. The first-order chi connectivity index (χ1) is 12.5. The van der Waals surface area contributed by atoms with Crippen LogP contribution < -0.4 is 20.5 Å². The molecule has 1 aromatic heterocycles. The first-order valence-electron chi connectivity index (χ1n) is 7.97. The zero-order valence-electron chi connectivity index (χ0n) is 14.5. The van der Waals surface area contributed by atoms with E-state index < -0.39 is 0 Å². The molecule has 1 heterocycles. The molecule has 1 amide bonds. The van der Waals surface area contributed by atoms with Gasteiger partial charge in [-0.25, -0.2) is 5.43 Å². The number of nitrogens with zero attached hydrogens (tertiary/aromatic N) is 1. The third kappa shape index (κ3) is 5.85. The number of carbonyl (C=O) groups excluding carboxylic acids is 1. The summed E-state index contributed by atoms with van der Waals surface area (Å²) in [5.74, 6) is 0.859. The number of aromatic amines is 2. The molecule has 1 aromatic carbocycles. The standard InChI is InChI=1S/C17H20N4O4S/c1-3-6-25-13-5-4-11(7-14(13)24-2)10-18-21-16(23)9-12-8-15(22)20-17(26)19-12/h4-5,7-8,10H,3,6,9H2,1-2H3,(H,21,23)(H2,19,20,22,26)/b18-10-. The average Bonchev–Trinajstić information content (AvgIpc) is 2.59. The predicted molar refractivity (Wildman–Crippen MR) is 100 cm³/mol. The van der Waals surface area contributed by atoms with Crippen molar-refractivity contribution in [3.63, 3.8) is 0 Å². The van der Waals surface area contributed by atoms with Crippen LogP contribution in [0.4, 0.5) is 0 Å². The Bertz CT molecular complexity index is 876. The third-order valence-corrected chi connectivity index (χ3v) is 3.42. The Labute approximate surface area is 155 Å². The molecule has 138 valence electrons. The third-order valence-electron chi connectivity index (χ3n) is 3.22. The number of methoxy groups -OCH3 is 1. The highest BCUT2D eigenvalue weighted by Crippen LogP contribution is 2.27. The number of benzene rings is 1. The van der Waals surface area contributed by atoms with Gasteiger partial charge in [0.05, 0.1) is 26.4 Å². The first-order valence-corrected chi connectivity index (χ1v) is 8.38. The Kier molecular flexibility index (Phi) is 7.10. The highest BCUT2D eigenvalue weighted by atomic mass is 32.1. The van der Waals surface area contributed by atoms with Gasteiger partial charge in [-0.05, 0) is 42.4 Å². The van der Waals surface area contributed by atoms with Crippen molar-refractivity contribution in [2.75, 3.05) is 13.7 Å². The predicted octanol–water partition coefficient (Wildman–Crippen LogP) is 1.92. The summed E-state index contributed by atoms with van der Waals surface area (Å²) in [6.07, 6.45) is 2.35. The van der Waals surface area contributed by atoms with E-state index in [-0.39, 0.29) is 22.7 Å². The van der Waals surface area contributed by atoms with E-state index in [9.17, 15) is 9.59 Å². The van der Waals surface area contributed by atoms with Gasteiger partial charge >= 0.3 is 0 Å². The average molecular weight is 376 g/mol. The van der Waals surface area contributed by atoms with Gasteiger partial charge in [0.1, 0.15) is 0 Å². The van der Waals surface area contributed by atoms with Crippen LogP contribution in [0.3, 0.4) is 0 Å². The van der Waals surface area contributed by atoms with Gasteiger partial charge in [-0.2, -0.15) is 5.10 Å². The molecule has 0 atom stereocenters. The fourth-order valence-corrected chi connectivity index (χ4v) is 2.33. The van der Waals surface area contributed by atoms with Gasteiger partial charge in [-0.15, -0.1) is 0 Å². The highest BCUT2D eigenvalue weighted by molar-refractivity contribution is 7.71. The molecule has 0 aliphatic heterocycles. The molecule has 2 aromatic rings. The van der Waals surface area contributed by atoms with Crippen LogP contribution in [0.2, 0.25) is 0 Å². The van der Waals surface area contributed by atoms with Crippen molar-refractivity contribution in [3.05, 3.63) is 50.6 Å². The second-order valence-electron chi connectivity index (χ2n) is 5.34. The summed E-state index contributed by atoms with van der Waals surface area (Å²) in [4.78, 5) is 28.3. The van der Waals surface area contributed by atoms with Crippen molar-refractivity contribution in [2.45, 2.75) is 19.8 Å². The molecular weight excluding hydrogens is 356 g/mol. The minimum atomic E-state index is -0.382. The smallest absolute Gasteiger partial charge is 0.251 e. The number of nitrogens with one attached hydrogen (secondary N) is 3. The lowest BCUT2D eigenvalue weighted by Crippen LogP contribution is -2.21. The van der Waals surface area contributed by atoms with E-state index in [0.717, 1.165) is 12.0 Å². The summed E-state index contributed by atoms with van der Waals surface area (Å²) in [6.45, 7) is 2.63. The van der Waals surface area contributed by atoms with Crippen LogP contribution in [-0.4, -0.2) is 35.8 Å². The molecular formula is C17H20N4O4S. The Hall–Kier alpha value is -2.94. The van der Waals surface area contributed by atoms with Gasteiger partial charge < -0.3 is 14.5 Å². The summed E-state index contributed by atoms with van der Waals surface area (Å²) in [5.41, 5.74) is 3.18. The van der Waals surface area contributed by atoms with E-state index in [4.69, 9.17) is 21.7 Å².